The molecule has 15 aromatic rings. The molecule has 2 aromatic heterocycles. The van der Waals surface area contributed by atoms with E-state index in [0.717, 1.165) is 101 Å². The van der Waals surface area contributed by atoms with Crippen molar-refractivity contribution < 1.29 is 0 Å². The third kappa shape index (κ3) is 7.65. The highest BCUT2D eigenvalue weighted by Gasteiger charge is 2.22. The van der Waals surface area contributed by atoms with E-state index < -0.39 is 0 Å². The predicted molar refractivity (Wildman–Crippen MR) is 326 cm³/mol. The van der Waals surface area contributed by atoms with E-state index in [1.807, 2.05) is 0 Å². The van der Waals surface area contributed by atoms with Gasteiger partial charge in [0.05, 0.1) is 33.4 Å². The maximum atomic E-state index is 5.18. The van der Waals surface area contributed by atoms with E-state index in [-0.39, 0.29) is 0 Å². The summed E-state index contributed by atoms with van der Waals surface area (Å²) in [6.07, 6.45) is 0. The SMILES string of the molecule is c1ccc(-n2c(-c3ccc(N(c4ccc5c(ccc6cc(N(c7ccc(-c8nc9ccccc9n8-c8ccccc8)cc7)c7cccc8ccccc78)ccc65)c4)c4cccc5ccccc45)cc3)nc3ccccc32)cc1. The molecule has 2 heterocycles. The number of benzene rings is 13. The van der Waals surface area contributed by atoms with Gasteiger partial charge in [0.15, 0.2) is 0 Å². The van der Waals surface area contributed by atoms with Crippen LogP contribution in [0.5, 0.6) is 0 Å². The summed E-state index contributed by atoms with van der Waals surface area (Å²) in [6.45, 7) is 0. The molecule has 0 atom stereocenters. The zero-order chi connectivity index (χ0) is 51.5. The van der Waals surface area contributed by atoms with Gasteiger partial charge in [-0.25, -0.2) is 9.97 Å². The van der Waals surface area contributed by atoms with Crippen molar-refractivity contribution in [1.82, 2.24) is 19.1 Å². The van der Waals surface area contributed by atoms with E-state index in [1.54, 1.807) is 0 Å². The number of hydrogen-bond acceptors (Lipinski definition) is 4. The predicted octanol–water partition coefficient (Wildman–Crippen LogP) is 19.3. The Morgan fingerprint density at radius 1 is 0.256 bits per heavy atom. The Bertz CT molecular complexity index is 4420. The lowest BCUT2D eigenvalue weighted by Crippen LogP contribution is -2.11. The third-order valence-electron chi connectivity index (χ3n) is 15.3. The molecule has 6 heteroatoms. The summed E-state index contributed by atoms with van der Waals surface area (Å²) in [7, 11) is 0. The fraction of sp³-hybridized carbons (Fsp3) is 0. The van der Waals surface area contributed by atoms with E-state index >= 15 is 0 Å². The molecule has 6 nitrogen and oxygen atoms in total. The number of hydrogen-bond donors (Lipinski definition) is 0. The van der Waals surface area contributed by atoms with E-state index in [4.69, 9.17) is 9.97 Å². The maximum Gasteiger partial charge on any atom is 0.145 e. The van der Waals surface area contributed by atoms with E-state index in [0.29, 0.717) is 0 Å². The van der Waals surface area contributed by atoms with Crippen LogP contribution >= 0.6 is 0 Å². The molecule has 0 N–H and O–H groups in total. The smallest absolute Gasteiger partial charge is 0.145 e. The van der Waals surface area contributed by atoms with Crippen molar-refractivity contribution in [3.8, 4) is 34.2 Å². The Morgan fingerprint density at radius 3 is 1.08 bits per heavy atom. The molecule has 0 unspecified atom stereocenters. The average Bonchev–Trinajstić information content (AvgIpc) is 4.15. The van der Waals surface area contributed by atoms with E-state index in [2.05, 4.69) is 310 Å². The molecule has 0 radical (unpaired) electrons. The number of imidazole rings is 2. The molecule has 0 aliphatic carbocycles. The quantitative estimate of drug-likeness (QED) is 0.128. The van der Waals surface area contributed by atoms with Crippen molar-refractivity contribution in [3.05, 3.63) is 291 Å². The molecule has 13 aromatic carbocycles. The highest BCUT2D eigenvalue weighted by molar-refractivity contribution is 6.11. The first-order valence-corrected chi connectivity index (χ1v) is 26.5. The van der Waals surface area contributed by atoms with E-state index in [9.17, 15) is 0 Å². The lowest BCUT2D eigenvalue weighted by molar-refractivity contribution is 1.10. The van der Waals surface area contributed by atoms with Gasteiger partial charge in [0.25, 0.3) is 0 Å². The zero-order valence-electron chi connectivity index (χ0n) is 42.4. The van der Waals surface area contributed by atoms with Gasteiger partial charge in [-0.2, -0.15) is 0 Å². The molecular formula is C72H48N6. The molecule has 0 saturated heterocycles. The minimum absolute atomic E-state index is 0.904. The molecule has 0 saturated carbocycles. The van der Waals surface area contributed by atoms with Crippen LogP contribution < -0.4 is 9.80 Å². The number of para-hydroxylation sites is 6. The van der Waals surface area contributed by atoms with Gasteiger partial charge in [-0.1, -0.05) is 158 Å². The molecule has 15 rings (SSSR count). The highest BCUT2D eigenvalue weighted by Crippen LogP contribution is 2.44. The first-order valence-electron chi connectivity index (χ1n) is 26.5. The fourth-order valence-corrected chi connectivity index (χ4v) is 11.6. The molecule has 0 spiro atoms. The van der Waals surface area contributed by atoms with Crippen molar-refractivity contribution in [2.75, 3.05) is 9.80 Å². The standard InChI is InChI=1S/C72H48N6/c1-3-21-55(22-4-1)77-69-29-13-11-27-65(69)73-71(77)51-35-39-57(40-36-51)75(67-31-15-19-49-17-7-9-25-63(49)67)59-43-45-61-53(47-59)33-34-54-48-60(44-46-62(54)61)76(68-32-16-20-50-18-8-10-26-64(50)68)58-41-37-52(38-42-58)72-74-66-28-12-14-30-70(66)78(72)56-23-5-2-6-24-56/h1-48H. The lowest BCUT2D eigenvalue weighted by Gasteiger charge is -2.28. The van der Waals surface area contributed by atoms with Gasteiger partial charge in [-0.15, -0.1) is 0 Å². The second-order valence-corrected chi connectivity index (χ2v) is 19.8. The topological polar surface area (TPSA) is 42.1 Å². The molecule has 0 aliphatic heterocycles. The summed E-state index contributed by atoms with van der Waals surface area (Å²) in [5.74, 6) is 1.81. The van der Waals surface area contributed by atoms with Crippen LogP contribution in [0.15, 0.2) is 291 Å². The van der Waals surface area contributed by atoms with Crippen LogP contribution in [0.4, 0.5) is 34.1 Å². The van der Waals surface area contributed by atoms with Crippen LogP contribution in [0.3, 0.4) is 0 Å². The van der Waals surface area contributed by atoms with Gasteiger partial charge in [0.2, 0.25) is 0 Å². The minimum Gasteiger partial charge on any atom is -0.310 e. The zero-order valence-corrected chi connectivity index (χ0v) is 42.4. The van der Waals surface area contributed by atoms with Crippen molar-refractivity contribution in [2.24, 2.45) is 0 Å². The van der Waals surface area contributed by atoms with Crippen LogP contribution in [0.2, 0.25) is 0 Å². The number of fused-ring (bicyclic) bond motifs is 7. The fourth-order valence-electron chi connectivity index (χ4n) is 11.6. The highest BCUT2D eigenvalue weighted by atomic mass is 15.2. The van der Waals surface area contributed by atoms with Gasteiger partial charge in [-0.05, 0) is 166 Å². The van der Waals surface area contributed by atoms with Crippen molar-refractivity contribution in [2.45, 2.75) is 0 Å². The Balaban J connectivity index is 0.827. The van der Waals surface area contributed by atoms with Gasteiger partial charge in [0, 0.05) is 56.0 Å². The largest absolute Gasteiger partial charge is 0.310 e. The summed E-state index contributed by atoms with van der Waals surface area (Å²) in [4.78, 5) is 15.2. The third-order valence-corrected chi connectivity index (χ3v) is 15.3. The summed E-state index contributed by atoms with van der Waals surface area (Å²) >= 11 is 0. The number of rotatable bonds is 10. The number of anilines is 6. The summed E-state index contributed by atoms with van der Waals surface area (Å²) in [5.41, 5.74) is 14.8. The first-order chi connectivity index (χ1) is 38.7. The summed E-state index contributed by atoms with van der Waals surface area (Å²) in [5, 5.41) is 9.44. The molecule has 0 bridgehead atoms. The Hall–Kier alpha value is -10.6. The molecular weight excluding hydrogens is 949 g/mol. The average molecular weight is 997 g/mol. The second-order valence-electron chi connectivity index (χ2n) is 19.8. The summed E-state index contributed by atoms with van der Waals surface area (Å²) < 4.78 is 4.52. The van der Waals surface area contributed by atoms with Gasteiger partial charge in [-0.3, -0.25) is 9.13 Å². The lowest BCUT2D eigenvalue weighted by atomic mass is 9.99. The minimum atomic E-state index is 0.904. The Kier molecular flexibility index (Phi) is 10.7. The molecule has 366 valence electrons. The second kappa shape index (κ2) is 18.7. The first kappa shape index (κ1) is 44.9. The van der Waals surface area contributed by atoms with Crippen molar-refractivity contribution in [3.63, 3.8) is 0 Å². The van der Waals surface area contributed by atoms with Crippen LogP contribution in [0, 0.1) is 0 Å². The Labute approximate surface area is 451 Å². The number of nitrogens with zero attached hydrogens (tertiary/aromatic N) is 6. The van der Waals surface area contributed by atoms with Crippen LogP contribution in [-0.4, -0.2) is 19.1 Å². The van der Waals surface area contributed by atoms with Crippen LogP contribution in [0.25, 0.3) is 99.3 Å². The monoisotopic (exact) mass is 996 g/mol. The summed E-state index contributed by atoms with van der Waals surface area (Å²) in [6, 6.07) is 104. The van der Waals surface area contributed by atoms with Crippen LogP contribution in [0.1, 0.15) is 0 Å². The van der Waals surface area contributed by atoms with Crippen LogP contribution in [-0.2, 0) is 0 Å². The molecule has 0 aliphatic rings. The van der Waals surface area contributed by atoms with Crippen molar-refractivity contribution >= 4 is 99.3 Å². The van der Waals surface area contributed by atoms with E-state index in [1.165, 1.54) is 32.3 Å². The molecule has 0 fully saturated rings. The van der Waals surface area contributed by atoms with Gasteiger partial charge in [0.1, 0.15) is 11.6 Å². The normalized spacial score (nSPS) is 11.6. The van der Waals surface area contributed by atoms with Gasteiger partial charge >= 0.3 is 0 Å². The number of aromatic nitrogens is 4. The Morgan fingerprint density at radius 2 is 0.628 bits per heavy atom. The maximum absolute atomic E-state index is 5.18. The van der Waals surface area contributed by atoms with Crippen molar-refractivity contribution in [1.29, 1.82) is 0 Å². The molecule has 0 amide bonds. The van der Waals surface area contributed by atoms with Gasteiger partial charge < -0.3 is 9.80 Å². The molecule has 78 heavy (non-hydrogen) atoms.